The minimum Gasteiger partial charge on any atom is -0.495 e. The number of anilines is 1. The lowest BCUT2D eigenvalue weighted by atomic mass is 10.0. The number of nitrogens with one attached hydrogen (secondary N) is 1. The zero-order valence-corrected chi connectivity index (χ0v) is 17.8. The van der Waals surface area contributed by atoms with Gasteiger partial charge in [-0.05, 0) is 69.5 Å². The smallest absolute Gasteiger partial charge is 0.248 e. The zero-order chi connectivity index (χ0) is 21.1. The first kappa shape index (κ1) is 20.5. The molecule has 0 aliphatic carbocycles. The largest absolute Gasteiger partial charge is 0.495 e. The summed E-state index contributed by atoms with van der Waals surface area (Å²) in [6, 6.07) is 9.59. The van der Waals surface area contributed by atoms with Gasteiger partial charge in [0.15, 0.2) is 0 Å². The van der Waals surface area contributed by atoms with Gasteiger partial charge in [-0.15, -0.1) is 0 Å². The van der Waals surface area contributed by atoms with Crippen molar-refractivity contribution in [3.05, 3.63) is 58.9 Å². The van der Waals surface area contributed by atoms with Gasteiger partial charge in [0.1, 0.15) is 22.8 Å². The fraction of sp³-hybridized carbons (Fsp3) is 0.292. The van der Waals surface area contributed by atoms with Crippen LogP contribution in [-0.4, -0.2) is 19.6 Å². The number of aryl methyl sites for hydroxylation is 3. The van der Waals surface area contributed by atoms with Crippen LogP contribution < -0.4 is 14.8 Å². The molecule has 5 heteroatoms. The highest BCUT2D eigenvalue weighted by molar-refractivity contribution is 6.05. The Bertz CT molecular complexity index is 1090. The van der Waals surface area contributed by atoms with Crippen LogP contribution in [0.5, 0.6) is 11.5 Å². The molecule has 0 bridgehead atoms. The molecule has 1 amide bonds. The van der Waals surface area contributed by atoms with Crippen LogP contribution in [0, 0.1) is 20.8 Å². The molecule has 2 aromatic carbocycles. The van der Waals surface area contributed by atoms with Crippen molar-refractivity contribution in [3.8, 4) is 11.5 Å². The topological polar surface area (TPSA) is 60.7 Å². The number of benzene rings is 2. The third-order valence-corrected chi connectivity index (χ3v) is 4.96. The molecule has 0 atom stereocenters. The van der Waals surface area contributed by atoms with Crippen LogP contribution in [0.3, 0.4) is 0 Å². The molecular weight excluding hydrogens is 366 g/mol. The van der Waals surface area contributed by atoms with Crippen LogP contribution >= 0.6 is 0 Å². The van der Waals surface area contributed by atoms with Crippen LogP contribution in [0.25, 0.3) is 16.5 Å². The van der Waals surface area contributed by atoms with Gasteiger partial charge in [0.25, 0.3) is 0 Å². The van der Waals surface area contributed by atoms with Crippen LogP contribution in [0.15, 0.2) is 40.8 Å². The zero-order valence-electron chi connectivity index (χ0n) is 17.8. The minimum atomic E-state index is -0.228. The molecule has 0 unspecified atom stereocenters. The Kier molecular flexibility index (Phi) is 5.97. The second-order valence-electron chi connectivity index (χ2n) is 7.08. The van der Waals surface area contributed by atoms with E-state index in [1.165, 1.54) is 0 Å². The van der Waals surface area contributed by atoms with Crippen molar-refractivity contribution >= 4 is 28.1 Å². The molecule has 1 N–H and O–H groups in total. The van der Waals surface area contributed by atoms with Crippen LogP contribution in [0.2, 0.25) is 0 Å². The molecule has 1 heterocycles. The lowest BCUT2D eigenvalue weighted by Gasteiger charge is -2.12. The minimum absolute atomic E-state index is 0.228. The predicted molar refractivity (Wildman–Crippen MR) is 117 cm³/mol. The number of ether oxygens (including phenoxy) is 2. The number of methoxy groups -OCH3 is 1. The predicted octanol–water partition coefficient (Wildman–Crippen LogP) is 5.81. The highest BCUT2D eigenvalue weighted by atomic mass is 16.5. The average molecular weight is 393 g/mol. The van der Waals surface area contributed by atoms with E-state index < -0.39 is 0 Å². The molecule has 0 aliphatic rings. The average Bonchev–Trinajstić information content (AvgIpc) is 2.94. The third kappa shape index (κ3) is 4.29. The number of hydrogen-bond donors (Lipinski definition) is 1. The van der Waals surface area contributed by atoms with Crippen molar-refractivity contribution in [2.75, 3.05) is 19.0 Å². The van der Waals surface area contributed by atoms with Crippen molar-refractivity contribution in [3.63, 3.8) is 0 Å². The highest BCUT2D eigenvalue weighted by Gasteiger charge is 2.15. The molecule has 3 aromatic rings. The van der Waals surface area contributed by atoms with E-state index in [0.717, 1.165) is 39.0 Å². The van der Waals surface area contributed by atoms with E-state index in [-0.39, 0.29) is 5.91 Å². The van der Waals surface area contributed by atoms with Crippen LogP contribution in [0.1, 0.15) is 36.3 Å². The van der Waals surface area contributed by atoms with E-state index in [1.807, 2.05) is 65.0 Å². The Balaban J connectivity index is 1.97. The monoisotopic (exact) mass is 393 g/mol. The Morgan fingerprint density at radius 3 is 2.59 bits per heavy atom. The Hall–Kier alpha value is -3.21. The van der Waals surface area contributed by atoms with Gasteiger partial charge in [-0.3, -0.25) is 4.79 Å². The van der Waals surface area contributed by atoms with E-state index in [4.69, 9.17) is 13.9 Å². The SMILES string of the molecule is CCOc1cc2oc(C)c(C)c2cc1/C(C)=C/C(=O)Nc1cc(C)ccc1OC. The lowest BCUT2D eigenvalue weighted by Crippen LogP contribution is -2.10. The molecule has 0 saturated carbocycles. The molecule has 3 rings (SSSR count). The van der Waals surface area contributed by atoms with Crippen molar-refractivity contribution in [1.82, 2.24) is 0 Å². The number of hydrogen-bond acceptors (Lipinski definition) is 4. The molecule has 0 aliphatic heterocycles. The summed E-state index contributed by atoms with van der Waals surface area (Å²) in [6.07, 6.45) is 1.58. The molecule has 0 radical (unpaired) electrons. The van der Waals surface area contributed by atoms with Crippen molar-refractivity contribution in [2.45, 2.75) is 34.6 Å². The van der Waals surface area contributed by atoms with E-state index in [2.05, 4.69) is 5.32 Å². The number of rotatable bonds is 6. The van der Waals surface area contributed by atoms with Gasteiger partial charge in [-0.2, -0.15) is 0 Å². The Morgan fingerprint density at radius 1 is 1.14 bits per heavy atom. The Labute approximate surface area is 171 Å². The van der Waals surface area contributed by atoms with Gasteiger partial charge in [-0.1, -0.05) is 6.07 Å². The van der Waals surface area contributed by atoms with Gasteiger partial charge >= 0.3 is 0 Å². The number of amides is 1. The molecule has 0 saturated heterocycles. The van der Waals surface area contributed by atoms with E-state index >= 15 is 0 Å². The van der Waals surface area contributed by atoms with E-state index in [1.54, 1.807) is 13.2 Å². The second-order valence-corrected chi connectivity index (χ2v) is 7.08. The first-order valence-corrected chi connectivity index (χ1v) is 9.64. The number of carbonyl (C=O) groups excluding carboxylic acids is 1. The van der Waals surface area contributed by atoms with Crippen molar-refractivity contribution in [1.29, 1.82) is 0 Å². The second kappa shape index (κ2) is 8.43. The summed E-state index contributed by atoms with van der Waals surface area (Å²) < 4.78 is 17.0. The van der Waals surface area contributed by atoms with Crippen molar-refractivity contribution in [2.24, 2.45) is 0 Å². The van der Waals surface area contributed by atoms with Gasteiger partial charge < -0.3 is 19.2 Å². The standard InChI is InChI=1S/C24H27NO4/c1-7-28-22-13-23-19(16(4)17(5)29-23)12-18(22)15(3)11-24(26)25-20-10-14(2)8-9-21(20)27-6/h8-13H,7H2,1-6H3,(H,25,26)/b15-11+. The quantitative estimate of drug-likeness (QED) is 0.537. The molecule has 152 valence electrons. The van der Waals surface area contributed by atoms with Crippen LogP contribution in [0.4, 0.5) is 5.69 Å². The number of furan rings is 1. The maximum atomic E-state index is 12.7. The summed E-state index contributed by atoms with van der Waals surface area (Å²) >= 11 is 0. The van der Waals surface area contributed by atoms with Gasteiger partial charge in [0.05, 0.1) is 19.4 Å². The maximum absolute atomic E-state index is 12.7. The number of allylic oxidation sites excluding steroid dienone is 1. The third-order valence-electron chi connectivity index (χ3n) is 4.96. The van der Waals surface area contributed by atoms with Crippen molar-refractivity contribution < 1.29 is 18.7 Å². The molecule has 5 nitrogen and oxygen atoms in total. The fourth-order valence-electron chi connectivity index (χ4n) is 3.32. The lowest BCUT2D eigenvalue weighted by molar-refractivity contribution is -0.111. The van der Waals surface area contributed by atoms with Gasteiger partial charge in [0.2, 0.25) is 5.91 Å². The first-order valence-electron chi connectivity index (χ1n) is 9.64. The molecule has 1 aromatic heterocycles. The number of fused-ring (bicyclic) bond motifs is 1. The summed E-state index contributed by atoms with van der Waals surface area (Å²) in [4.78, 5) is 12.7. The molecule has 29 heavy (non-hydrogen) atoms. The molecule has 0 fully saturated rings. The van der Waals surface area contributed by atoms with Crippen LogP contribution in [-0.2, 0) is 4.79 Å². The maximum Gasteiger partial charge on any atom is 0.248 e. The summed E-state index contributed by atoms with van der Waals surface area (Å²) in [5.74, 6) is 1.97. The summed E-state index contributed by atoms with van der Waals surface area (Å²) in [7, 11) is 1.58. The van der Waals surface area contributed by atoms with Gasteiger partial charge in [-0.25, -0.2) is 0 Å². The Morgan fingerprint density at radius 2 is 1.90 bits per heavy atom. The molecular formula is C24H27NO4. The summed E-state index contributed by atoms with van der Waals surface area (Å²) in [6.45, 7) is 10.3. The fourth-order valence-corrected chi connectivity index (χ4v) is 3.32. The highest BCUT2D eigenvalue weighted by Crippen LogP contribution is 2.35. The normalized spacial score (nSPS) is 11.6. The number of carbonyl (C=O) groups is 1. The molecule has 0 spiro atoms. The summed E-state index contributed by atoms with van der Waals surface area (Å²) in [5.41, 5.74) is 5.23. The van der Waals surface area contributed by atoms with E-state index in [9.17, 15) is 4.79 Å². The van der Waals surface area contributed by atoms with E-state index in [0.29, 0.717) is 23.8 Å². The van der Waals surface area contributed by atoms with Gasteiger partial charge in [0, 0.05) is 23.1 Å². The summed E-state index contributed by atoms with van der Waals surface area (Å²) in [5, 5.41) is 3.93. The first-order chi connectivity index (χ1) is 13.8.